The van der Waals surface area contributed by atoms with Crippen LogP contribution in [-0.4, -0.2) is 0 Å². The molecule has 1 unspecified atom stereocenters. The first kappa shape index (κ1) is 11.5. The number of hydrazine groups is 1. The van der Waals surface area contributed by atoms with Gasteiger partial charge in [0, 0.05) is 15.6 Å². The summed E-state index contributed by atoms with van der Waals surface area (Å²) >= 11 is 11.9. The zero-order chi connectivity index (χ0) is 11.5. The Balaban J connectivity index is 2.41. The number of nitrogens with one attached hydrogen (secondary N) is 1. The van der Waals surface area contributed by atoms with Gasteiger partial charge >= 0.3 is 0 Å². The molecule has 0 aliphatic carbocycles. The summed E-state index contributed by atoms with van der Waals surface area (Å²) in [5.74, 6) is 5.52. The first-order valence-corrected chi connectivity index (χ1v) is 5.41. The van der Waals surface area contributed by atoms with E-state index in [4.69, 9.17) is 33.5 Å². The average molecular weight is 257 g/mol. The smallest absolute Gasteiger partial charge is 0.0954 e. The highest BCUT2D eigenvalue weighted by molar-refractivity contribution is 6.35. The Morgan fingerprint density at radius 1 is 1.25 bits per heavy atom. The fourth-order valence-corrected chi connectivity index (χ4v) is 2.06. The number of furan rings is 1. The van der Waals surface area contributed by atoms with Gasteiger partial charge in [-0.15, -0.1) is 0 Å². The predicted octanol–water partition coefficient (Wildman–Crippen LogP) is 3.14. The molecular weight excluding hydrogens is 247 g/mol. The van der Waals surface area contributed by atoms with Gasteiger partial charge in [-0.2, -0.15) is 0 Å². The van der Waals surface area contributed by atoms with Crippen molar-refractivity contribution in [2.24, 2.45) is 5.84 Å². The second-order valence-corrected chi connectivity index (χ2v) is 4.17. The Morgan fingerprint density at radius 3 is 2.62 bits per heavy atom. The number of benzene rings is 1. The maximum absolute atomic E-state index is 6.11. The number of rotatable bonds is 3. The first-order valence-electron chi connectivity index (χ1n) is 4.65. The van der Waals surface area contributed by atoms with Crippen LogP contribution < -0.4 is 11.3 Å². The molecule has 0 saturated carbocycles. The minimum Gasteiger partial charge on any atom is -0.472 e. The highest BCUT2D eigenvalue weighted by Gasteiger charge is 2.16. The molecule has 2 rings (SSSR count). The van der Waals surface area contributed by atoms with E-state index in [-0.39, 0.29) is 6.04 Å². The Bertz CT molecular complexity index is 471. The molecule has 84 valence electrons. The largest absolute Gasteiger partial charge is 0.472 e. The van der Waals surface area contributed by atoms with Gasteiger partial charge in [-0.05, 0) is 23.8 Å². The molecule has 0 bridgehead atoms. The molecule has 1 aromatic heterocycles. The van der Waals surface area contributed by atoms with Crippen molar-refractivity contribution >= 4 is 23.2 Å². The molecule has 16 heavy (non-hydrogen) atoms. The molecular formula is C11H10Cl2N2O. The van der Waals surface area contributed by atoms with Crippen LogP contribution in [-0.2, 0) is 0 Å². The summed E-state index contributed by atoms with van der Waals surface area (Å²) in [6.07, 6.45) is 3.21. The van der Waals surface area contributed by atoms with Crippen molar-refractivity contribution < 1.29 is 4.42 Å². The highest BCUT2D eigenvalue weighted by Crippen LogP contribution is 2.30. The van der Waals surface area contributed by atoms with E-state index in [0.717, 1.165) is 11.1 Å². The lowest BCUT2D eigenvalue weighted by Gasteiger charge is -2.16. The third-order valence-electron chi connectivity index (χ3n) is 2.32. The Morgan fingerprint density at radius 2 is 2.06 bits per heavy atom. The van der Waals surface area contributed by atoms with Crippen molar-refractivity contribution in [1.29, 1.82) is 0 Å². The fraction of sp³-hybridized carbons (Fsp3) is 0.0909. The van der Waals surface area contributed by atoms with Crippen LogP contribution >= 0.6 is 23.2 Å². The van der Waals surface area contributed by atoms with Crippen molar-refractivity contribution in [2.75, 3.05) is 0 Å². The first-order chi connectivity index (χ1) is 7.72. The number of hydrogen-bond donors (Lipinski definition) is 2. The van der Waals surface area contributed by atoms with Gasteiger partial charge in [-0.1, -0.05) is 29.3 Å². The van der Waals surface area contributed by atoms with Crippen molar-refractivity contribution in [3.8, 4) is 0 Å². The molecule has 5 heteroatoms. The Hall–Kier alpha value is -1.000. The van der Waals surface area contributed by atoms with Gasteiger partial charge in [-0.25, -0.2) is 5.43 Å². The molecule has 0 amide bonds. The SMILES string of the molecule is NNC(c1ccoc1)c1ccc(Cl)cc1Cl. The zero-order valence-corrected chi connectivity index (χ0v) is 9.79. The normalized spacial score (nSPS) is 12.7. The van der Waals surface area contributed by atoms with Gasteiger partial charge in [-0.3, -0.25) is 5.84 Å². The van der Waals surface area contributed by atoms with Gasteiger partial charge < -0.3 is 4.42 Å². The second-order valence-electron chi connectivity index (χ2n) is 3.32. The van der Waals surface area contributed by atoms with E-state index in [2.05, 4.69) is 5.43 Å². The number of hydrogen-bond acceptors (Lipinski definition) is 3. The summed E-state index contributed by atoms with van der Waals surface area (Å²) in [7, 11) is 0. The second kappa shape index (κ2) is 4.89. The van der Waals surface area contributed by atoms with Crippen molar-refractivity contribution in [3.05, 3.63) is 58.0 Å². The van der Waals surface area contributed by atoms with E-state index in [1.165, 1.54) is 0 Å². The van der Waals surface area contributed by atoms with E-state index in [9.17, 15) is 0 Å². The molecule has 0 spiro atoms. The third kappa shape index (κ3) is 2.23. The van der Waals surface area contributed by atoms with Crippen LogP contribution in [0.1, 0.15) is 17.2 Å². The molecule has 0 radical (unpaired) electrons. The van der Waals surface area contributed by atoms with E-state index >= 15 is 0 Å². The zero-order valence-electron chi connectivity index (χ0n) is 8.28. The molecule has 2 aromatic rings. The predicted molar refractivity (Wildman–Crippen MR) is 64.3 cm³/mol. The molecule has 0 fully saturated rings. The van der Waals surface area contributed by atoms with E-state index in [0.29, 0.717) is 10.0 Å². The van der Waals surface area contributed by atoms with Gasteiger partial charge in [0.15, 0.2) is 0 Å². The summed E-state index contributed by atoms with van der Waals surface area (Å²) < 4.78 is 5.02. The molecule has 1 heterocycles. The standard InChI is InChI=1S/C11H10Cl2N2O/c12-8-1-2-9(10(13)5-8)11(15-14)7-3-4-16-6-7/h1-6,11,15H,14H2. The minimum atomic E-state index is -0.205. The number of halogens is 2. The van der Waals surface area contributed by atoms with Gasteiger partial charge in [0.1, 0.15) is 0 Å². The molecule has 3 N–H and O–H groups in total. The molecule has 1 aromatic carbocycles. The summed E-state index contributed by atoms with van der Waals surface area (Å²) in [5, 5.41) is 1.16. The van der Waals surface area contributed by atoms with Gasteiger partial charge in [0.2, 0.25) is 0 Å². The quantitative estimate of drug-likeness (QED) is 0.656. The van der Waals surface area contributed by atoms with E-state index in [1.54, 1.807) is 24.7 Å². The summed E-state index contributed by atoms with van der Waals surface area (Å²) in [6.45, 7) is 0. The summed E-state index contributed by atoms with van der Waals surface area (Å²) in [5.41, 5.74) is 4.46. The summed E-state index contributed by atoms with van der Waals surface area (Å²) in [4.78, 5) is 0. The lowest BCUT2D eigenvalue weighted by molar-refractivity contribution is 0.553. The van der Waals surface area contributed by atoms with Crippen LogP contribution in [0.4, 0.5) is 0 Å². The maximum atomic E-state index is 6.11. The van der Waals surface area contributed by atoms with Crippen molar-refractivity contribution in [2.45, 2.75) is 6.04 Å². The van der Waals surface area contributed by atoms with E-state index < -0.39 is 0 Å². The molecule has 1 atom stereocenters. The Kier molecular flexibility index (Phi) is 3.51. The van der Waals surface area contributed by atoms with Crippen LogP contribution in [0.5, 0.6) is 0 Å². The van der Waals surface area contributed by atoms with Crippen LogP contribution in [0.2, 0.25) is 10.0 Å². The lowest BCUT2D eigenvalue weighted by Crippen LogP contribution is -2.28. The maximum Gasteiger partial charge on any atom is 0.0954 e. The van der Waals surface area contributed by atoms with Gasteiger partial charge in [0.05, 0.1) is 18.6 Å². The van der Waals surface area contributed by atoms with E-state index in [1.807, 2.05) is 12.1 Å². The number of nitrogens with two attached hydrogens (primary N) is 1. The topological polar surface area (TPSA) is 51.2 Å². The van der Waals surface area contributed by atoms with Crippen LogP contribution in [0.15, 0.2) is 41.2 Å². The van der Waals surface area contributed by atoms with Crippen molar-refractivity contribution in [3.63, 3.8) is 0 Å². The van der Waals surface area contributed by atoms with Crippen LogP contribution in [0.3, 0.4) is 0 Å². The van der Waals surface area contributed by atoms with Crippen LogP contribution in [0, 0.1) is 0 Å². The van der Waals surface area contributed by atoms with Crippen molar-refractivity contribution in [1.82, 2.24) is 5.43 Å². The minimum absolute atomic E-state index is 0.205. The molecule has 0 aliphatic rings. The lowest BCUT2D eigenvalue weighted by atomic mass is 10.0. The third-order valence-corrected chi connectivity index (χ3v) is 2.88. The fourth-order valence-electron chi connectivity index (χ4n) is 1.54. The average Bonchev–Trinajstić information content (AvgIpc) is 2.75. The van der Waals surface area contributed by atoms with Crippen LogP contribution in [0.25, 0.3) is 0 Å². The van der Waals surface area contributed by atoms with Gasteiger partial charge in [0.25, 0.3) is 0 Å². The highest BCUT2D eigenvalue weighted by atomic mass is 35.5. The Labute approximate surface area is 103 Å². The molecule has 0 aliphatic heterocycles. The molecule has 3 nitrogen and oxygen atoms in total. The summed E-state index contributed by atoms with van der Waals surface area (Å²) in [6, 6.07) is 6.91. The molecule has 0 saturated heterocycles. The monoisotopic (exact) mass is 256 g/mol.